The quantitative estimate of drug-likeness (QED) is 0.812. The summed E-state index contributed by atoms with van der Waals surface area (Å²) in [5.74, 6) is 2.10. The number of rotatable bonds is 6. The molecule has 0 radical (unpaired) electrons. The van der Waals surface area contributed by atoms with Crippen LogP contribution in [-0.2, 0) is 12.3 Å². The largest absolute Gasteiger partial charge is 0.340 e. The van der Waals surface area contributed by atoms with Crippen molar-refractivity contribution in [3.05, 3.63) is 41.5 Å². The van der Waals surface area contributed by atoms with Crippen molar-refractivity contribution in [2.45, 2.75) is 31.0 Å². The zero-order valence-electron chi connectivity index (χ0n) is 10.6. The van der Waals surface area contributed by atoms with Gasteiger partial charge in [0.25, 0.3) is 0 Å². The Balaban J connectivity index is 1.86. The minimum absolute atomic E-state index is 0.617. The van der Waals surface area contributed by atoms with E-state index in [0.717, 1.165) is 24.7 Å². The van der Waals surface area contributed by atoms with Gasteiger partial charge in [-0.3, -0.25) is 0 Å². The van der Waals surface area contributed by atoms with Gasteiger partial charge in [0.05, 0.1) is 5.75 Å². The van der Waals surface area contributed by atoms with Crippen LogP contribution >= 0.6 is 11.8 Å². The summed E-state index contributed by atoms with van der Waals surface area (Å²) < 4.78 is 4.93. The predicted molar refractivity (Wildman–Crippen MR) is 72.4 cm³/mol. The van der Waals surface area contributed by atoms with Gasteiger partial charge in [-0.2, -0.15) is 4.98 Å². The second-order valence-electron chi connectivity index (χ2n) is 3.94. The van der Waals surface area contributed by atoms with Crippen LogP contribution in [0.5, 0.6) is 0 Å². The Kier molecular flexibility index (Phi) is 4.78. The molecule has 1 aromatic heterocycles. The number of thioether (sulfide) groups is 1. The Morgan fingerprint density at radius 2 is 2.06 bits per heavy atom. The van der Waals surface area contributed by atoms with Crippen LogP contribution in [0.2, 0.25) is 0 Å². The molecule has 1 N–H and O–H groups in total. The Morgan fingerprint density at radius 3 is 2.67 bits per heavy atom. The molecule has 0 unspecified atom stereocenters. The first-order valence-electron chi connectivity index (χ1n) is 5.99. The molecule has 0 aliphatic carbocycles. The number of nitrogens with zero attached hydrogens (tertiary/aromatic N) is 2. The van der Waals surface area contributed by atoms with Crippen molar-refractivity contribution < 1.29 is 4.52 Å². The summed E-state index contributed by atoms with van der Waals surface area (Å²) in [6.45, 7) is 5.83. The van der Waals surface area contributed by atoms with Gasteiger partial charge in [-0.1, -0.05) is 24.2 Å². The van der Waals surface area contributed by atoms with Crippen molar-refractivity contribution >= 4 is 11.8 Å². The van der Waals surface area contributed by atoms with E-state index in [1.54, 1.807) is 18.7 Å². The molecule has 0 saturated heterocycles. The number of nitrogens with one attached hydrogen (secondary N) is 1. The molecule has 0 aliphatic rings. The van der Waals surface area contributed by atoms with Gasteiger partial charge >= 0.3 is 0 Å². The van der Waals surface area contributed by atoms with Crippen LogP contribution in [0.15, 0.2) is 33.7 Å². The van der Waals surface area contributed by atoms with E-state index in [1.165, 1.54) is 10.5 Å². The van der Waals surface area contributed by atoms with E-state index in [2.05, 4.69) is 46.6 Å². The predicted octanol–water partition coefficient (Wildman–Crippen LogP) is 2.78. The molecule has 1 aromatic carbocycles. The van der Waals surface area contributed by atoms with Gasteiger partial charge in [-0.15, -0.1) is 11.8 Å². The Labute approximate surface area is 111 Å². The molecule has 0 saturated carbocycles. The maximum absolute atomic E-state index is 4.93. The highest BCUT2D eigenvalue weighted by atomic mass is 32.2. The lowest BCUT2D eigenvalue weighted by Gasteiger charge is -2.03. The van der Waals surface area contributed by atoms with Gasteiger partial charge in [0, 0.05) is 18.4 Å². The summed E-state index contributed by atoms with van der Waals surface area (Å²) in [6.07, 6.45) is 0. The number of benzene rings is 1. The molecule has 1 heterocycles. The van der Waals surface area contributed by atoms with E-state index >= 15 is 0 Å². The van der Waals surface area contributed by atoms with Crippen molar-refractivity contribution in [2.75, 3.05) is 6.54 Å². The van der Waals surface area contributed by atoms with Crippen molar-refractivity contribution in [3.63, 3.8) is 0 Å². The lowest BCUT2D eigenvalue weighted by atomic mass is 10.2. The lowest BCUT2D eigenvalue weighted by Crippen LogP contribution is -2.11. The molecule has 2 aromatic rings. The highest BCUT2D eigenvalue weighted by Crippen LogP contribution is 2.21. The molecule has 96 valence electrons. The fourth-order valence-electron chi connectivity index (χ4n) is 1.52. The third-order valence-electron chi connectivity index (χ3n) is 2.44. The third kappa shape index (κ3) is 3.85. The first-order valence-corrected chi connectivity index (χ1v) is 6.98. The van der Waals surface area contributed by atoms with Crippen LogP contribution in [0.3, 0.4) is 0 Å². The molecule has 0 fully saturated rings. The van der Waals surface area contributed by atoms with Gasteiger partial charge < -0.3 is 9.84 Å². The molecule has 0 spiro atoms. The summed E-state index contributed by atoms with van der Waals surface area (Å²) in [5, 5.41) is 7.18. The van der Waals surface area contributed by atoms with Crippen molar-refractivity contribution in [2.24, 2.45) is 0 Å². The van der Waals surface area contributed by atoms with Crippen molar-refractivity contribution in [1.82, 2.24) is 15.5 Å². The minimum Gasteiger partial charge on any atom is -0.340 e. The number of hydrogen-bond donors (Lipinski definition) is 1. The molecule has 2 rings (SSSR count). The summed E-state index contributed by atoms with van der Waals surface area (Å²) in [5.41, 5.74) is 1.30. The zero-order chi connectivity index (χ0) is 12.8. The van der Waals surface area contributed by atoms with Crippen molar-refractivity contribution in [3.8, 4) is 0 Å². The van der Waals surface area contributed by atoms with E-state index in [9.17, 15) is 0 Å². The molecule has 0 amide bonds. The Hall–Kier alpha value is -1.33. The van der Waals surface area contributed by atoms with Gasteiger partial charge in [0.1, 0.15) is 0 Å². The molecule has 0 bridgehead atoms. The van der Waals surface area contributed by atoms with Crippen LogP contribution in [0.1, 0.15) is 24.2 Å². The first-order chi connectivity index (χ1) is 8.78. The average molecular weight is 263 g/mol. The van der Waals surface area contributed by atoms with Gasteiger partial charge in [0.2, 0.25) is 5.89 Å². The average Bonchev–Trinajstić information content (AvgIpc) is 2.81. The Morgan fingerprint density at radius 1 is 1.28 bits per heavy atom. The van der Waals surface area contributed by atoms with Crippen LogP contribution in [0, 0.1) is 6.92 Å². The fraction of sp³-hybridized carbons (Fsp3) is 0.385. The minimum atomic E-state index is 0.617. The van der Waals surface area contributed by atoms with E-state index in [4.69, 9.17) is 4.52 Å². The van der Waals surface area contributed by atoms with E-state index in [-0.39, 0.29) is 0 Å². The number of aromatic nitrogens is 2. The van der Waals surface area contributed by atoms with Crippen LogP contribution < -0.4 is 5.32 Å². The molecule has 5 heteroatoms. The monoisotopic (exact) mass is 263 g/mol. The molecule has 18 heavy (non-hydrogen) atoms. The molecule has 4 nitrogen and oxygen atoms in total. The van der Waals surface area contributed by atoms with E-state index in [0.29, 0.717) is 5.89 Å². The smallest absolute Gasteiger partial charge is 0.223 e. The number of aryl methyl sites for hydroxylation is 1. The van der Waals surface area contributed by atoms with E-state index < -0.39 is 0 Å². The molecular weight excluding hydrogens is 246 g/mol. The van der Waals surface area contributed by atoms with Gasteiger partial charge in [-0.25, -0.2) is 0 Å². The van der Waals surface area contributed by atoms with E-state index in [1.807, 2.05) is 0 Å². The Bertz CT molecular complexity index is 481. The zero-order valence-corrected chi connectivity index (χ0v) is 11.5. The van der Waals surface area contributed by atoms with Gasteiger partial charge in [-0.05, 0) is 24.2 Å². The highest BCUT2D eigenvalue weighted by molar-refractivity contribution is 7.98. The second kappa shape index (κ2) is 6.56. The third-order valence-corrected chi connectivity index (χ3v) is 3.45. The van der Waals surface area contributed by atoms with Crippen molar-refractivity contribution in [1.29, 1.82) is 0 Å². The summed E-state index contributed by atoms with van der Waals surface area (Å²) in [7, 11) is 0. The van der Waals surface area contributed by atoms with Gasteiger partial charge in [0.15, 0.2) is 5.82 Å². The van der Waals surface area contributed by atoms with Crippen LogP contribution in [-0.4, -0.2) is 16.7 Å². The molecular formula is C13H17N3OS. The standard InChI is InChI=1S/C13H17N3OS/c1-3-14-8-11-4-6-12(7-5-11)18-9-13-15-10(2)17-16-13/h4-7,14H,3,8-9H2,1-2H3. The SMILES string of the molecule is CCNCc1ccc(SCc2noc(C)n2)cc1. The van der Waals surface area contributed by atoms with Crippen LogP contribution in [0.4, 0.5) is 0 Å². The lowest BCUT2D eigenvalue weighted by molar-refractivity contribution is 0.389. The highest BCUT2D eigenvalue weighted by Gasteiger charge is 2.03. The summed E-state index contributed by atoms with van der Waals surface area (Å²) in [4.78, 5) is 5.40. The summed E-state index contributed by atoms with van der Waals surface area (Å²) >= 11 is 1.71. The number of hydrogen-bond acceptors (Lipinski definition) is 5. The maximum Gasteiger partial charge on any atom is 0.223 e. The second-order valence-corrected chi connectivity index (χ2v) is 4.99. The van der Waals surface area contributed by atoms with Crippen LogP contribution in [0.25, 0.3) is 0 Å². The molecule has 0 atom stereocenters. The normalized spacial score (nSPS) is 10.8. The summed E-state index contributed by atoms with van der Waals surface area (Å²) in [6, 6.07) is 8.55. The maximum atomic E-state index is 4.93. The first kappa shape index (κ1) is 13.1. The fourth-order valence-corrected chi connectivity index (χ4v) is 2.26. The molecule has 0 aliphatic heterocycles. The topological polar surface area (TPSA) is 51.0 Å².